The first-order chi connectivity index (χ1) is 8.36. The average molecular weight is 251 g/mol. The van der Waals surface area contributed by atoms with Crippen LogP contribution in [-0.2, 0) is 10.2 Å². The Balaban J connectivity index is 3.38. The lowest BCUT2D eigenvalue weighted by Crippen LogP contribution is -2.35. The summed E-state index contributed by atoms with van der Waals surface area (Å²) in [5.74, 6) is -0.0719. The molecular formula is C14H21NO3. The number of carbonyl (C=O) groups is 1. The molecule has 1 rings (SSSR count). The van der Waals surface area contributed by atoms with Crippen LogP contribution in [0.2, 0.25) is 0 Å². The summed E-state index contributed by atoms with van der Waals surface area (Å²) in [6.45, 7) is 5.87. The zero-order chi connectivity index (χ0) is 13.9. The standard InChI is InChI=1S/C14H21NO3/c1-9-8-12(18-4)10(2)7-11(9)14(3,5-6-15)13(16)17/h7-8H,5-6,15H2,1-4H3,(H,16,17). The second kappa shape index (κ2) is 5.40. The predicted molar refractivity (Wildman–Crippen MR) is 71.1 cm³/mol. The van der Waals surface area contributed by atoms with Gasteiger partial charge in [-0.15, -0.1) is 0 Å². The zero-order valence-corrected chi connectivity index (χ0v) is 11.4. The number of benzene rings is 1. The molecule has 0 saturated carbocycles. The van der Waals surface area contributed by atoms with Gasteiger partial charge in [0, 0.05) is 0 Å². The van der Waals surface area contributed by atoms with E-state index in [1.165, 1.54) is 0 Å². The van der Waals surface area contributed by atoms with Crippen LogP contribution in [0.5, 0.6) is 5.75 Å². The smallest absolute Gasteiger partial charge is 0.313 e. The minimum Gasteiger partial charge on any atom is -0.496 e. The number of aryl methyl sites for hydroxylation is 2. The predicted octanol–water partition coefficient (Wildman–Crippen LogP) is 2.00. The fourth-order valence-corrected chi connectivity index (χ4v) is 2.25. The number of carboxylic acids is 1. The van der Waals surface area contributed by atoms with Crippen LogP contribution >= 0.6 is 0 Å². The van der Waals surface area contributed by atoms with Crippen LogP contribution in [0.25, 0.3) is 0 Å². The number of hydrogen-bond acceptors (Lipinski definition) is 3. The molecule has 1 aromatic rings. The molecule has 1 aromatic carbocycles. The number of nitrogens with two attached hydrogens (primary N) is 1. The van der Waals surface area contributed by atoms with Crippen molar-refractivity contribution in [1.82, 2.24) is 0 Å². The van der Waals surface area contributed by atoms with Crippen LogP contribution in [0.15, 0.2) is 12.1 Å². The second-order valence-corrected chi connectivity index (χ2v) is 4.81. The number of carboxylic acid groups (broad SMARTS) is 1. The molecule has 0 heterocycles. The summed E-state index contributed by atoms with van der Waals surface area (Å²) in [6, 6.07) is 3.76. The van der Waals surface area contributed by atoms with E-state index in [9.17, 15) is 9.90 Å². The number of methoxy groups -OCH3 is 1. The highest BCUT2D eigenvalue weighted by Crippen LogP contribution is 2.34. The summed E-state index contributed by atoms with van der Waals surface area (Å²) in [6.07, 6.45) is 0.412. The number of ether oxygens (including phenoxy) is 1. The summed E-state index contributed by atoms with van der Waals surface area (Å²) < 4.78 is 5.24. The Kier molecular flexibility index (Phi) is 4.35. The lowest BCUT2D eigenvalue weighted by molar-refractivity contribution is -0.143. The van der Waals surface area contributed by atoms with Crippen LogP contribution < -0.4 is 10.5 Å². The van der Waals surface area contributed by atoms with Gasteiger partial charge < -0.3 is 15.6 Å². The van der Waals surface area contributed by atoms with Gasteiger partial charge in [0.2, 0.25) is 0 Å². The maximum absolute atomic E-state index is 11.5. The summed E-state index contributed by atoms with van der Waals surface area (Å²) >= 11 is 0. The fourth-order valence-electron chi connectivity index (χ4n) is 2.25. The van der Waals surface area contributed by atoms with Crippen molar-refractivity contribution in [1.29, 1.82) is 0 Å². The van der Waals surface area contributed by atoms with E-state index in [1.807, 2.05) is 26.0 Å². The molecule has 0 amide bonds. The molecule has 0 bridgehead atoms. The largest absolute Gasteiger partial charge is 0.496 e. The molecule has 3 N–H and O–H groups in total. The van der Waals surface area contributed by atoms with E-state index in [4.69, 9.17) is 10.5 Å². The number of aliphatic carboxylic acids is 1. The maximum atomic E-state index is 11.5. The summed E-state index contributed by atoms with van der Waals surface area (Å²) in [5.41, 5.74) is 7.25. The Bertz CT molecular complexity index is 457. The van der Waals surface area contributed by atoms with E-state index < -0.39 is 11.4 Å². The Morgan fingerprint density at radius 1 is 1.39 bits per heavy atom. The van der Waals surface area contributed by atoms with Gasteiger partial charge in [-0.2, -0.15) is 0 Å². The van der Waals surface area contributed by atoms with Crippen molar-refractivity contribution in [2.24, 2.45) is 5.73 Å². The lowest BCUT2D eigenvalue weighted by Gasteiger charge is -2.27. The zero-order valence-electron chi connectivity index (χ0n) is 11.4. The quantitative estimate of drug-likeness (QED) is 0.839. The fraction of sp³-hybridized carbons (Fsp3) is 0.500. The molecular weight excluding hydrogens is 230 g/mol. The lowest BCUT2D eigenvalue weighted by atomic mass is 9.77. The molecule has 0 fully saturated rings. The van der Waals surface area contributed by atoms with Crippen LogP contribution in [-0.4, -0.2) is 24.7 Å². The second-order valence-electron chi connectivity index (χ2n) is 4.81. The van der Waals surface area contributed by atoms with Crippen molar-refractivity contribution in [3.63, 3.8) is 0 Å². The minimum atomic E-state index is -0.949. The summed E-state index contributed by atoms with van der Waals surface area (Å²) in [5, 5.41) is 9.47. The molecule has 0 spiro atoms. The van der Waals surface area contributed by atoms with Gasteiger partial charge in [-0.05, 0) is 56.5 Å². The van der Waals surface area contributed by atoms with Crippen LogP contribution in [0, 0.1) is 13.8 Å². The van der Waals surface area contributed by atoms with Crippen LogP contribution in [0.4, 0.5) is 0 Å². The third-order valence-corrected chi connectivity index (χ3v) is 3.45. The van der Waals surface area contributed by atoms with E-state index in [-0.39, 0.29) is 0 Å². The topological polar surface area (TPSA) is 72.5 Å². The highest BCUT2D eigenvalue weighted by Gasteiger charge is 2.36. The van der Waals surface area contributed by atoms with Gasteiger partial charge in [0.15, 0.2) is 0 Å². The minimum absolute atomic E-state index is 0.341. The maximum Gasteiger partial charge on any atom is 0.313 e. The Labute approximate surface area is 108 Å². The molecule has 0 saturated heterocycles. The molecule has 0 radical (unpaired) electrons. The molecule has 1 unspecified atom stereocenters. The van der Waals surface area contributed by atoms with Crippen LogP contribution in [0.1, 0.15) is 30.0 Å². The van der Waals surface area contributed by atoms with E-state index in [0.717, 1.165) is 22.4 Å². The van der Waals surface area contributed by atoms with Crippen molar-refractivity contribution in [2.45, 2.75) is 32.6 Å². The van der Waals surface area contributed by atoms with E-state index in [0.29, 0.717) is 13.0 Å². The van der Waals surface area contributed by atoms with Gasteiger partial charge in [-0.3, -0.25) is 4.79 Å². The SMILES string of the molecule is COc1cc(C)c(C(C)(CCN)C(=O)O)cc1C. The van der Waals surface area contributed by atoms with E-state index in [2.05, 4.69) is 0 Å². The first kappa shape index (κ1) is 14.5. The molecule has 18 heavy (non-hydrogen) atoms. The van der Waals surface area contributed by atoms with Crippen molar-refractivity contribution in [3.05, 3.63) is 28.8 Å². The molecule has 100 valence electrons. The molecule has 4 heteroatoms. The van der Waals surface area contributed by atoms with Gasteiger partial charge in [0.05, 0.1) is 12.5 Å². The Morgan fingerprint density at radius 3 is 2.44 bits per heavy atom. The summed E-state index contributed by atoms with van der Waals surface area (Å²) in [4.78, 5) is 11.5. The van der Waals surface area contributed by atoms with Crippen LogP contribution in [0.3, 0.4) is 0 Å². The van der Waals surface area contributed by atoms with Gasteiger partial charge in [0.25, 0.3) is 0 Å². The van der Waals surface area contributed by atoms with E-state index >= 15 is 0 Å². The number of rotatable bonds is 5. The van der Waals surface area contributed by atoms with Gasteiger partial charge in [-0.1, -0.05) is 6.07 Å². The van der Waals surface area contributed by atoms with Crippen molar-refractivity contribution < 1.29 is 14.6 Å². The average Bonchev–Trinajstić information content (AvgIpc) is 2.31. The molecule has 4 nitrogen and oxygen atoms in total. The number of hydrogen-bond donors (Lipinski definition) is 2. The Hall–Kier alpha value is -1.55. The first-order valence-corrected chi connectivity index (χ1v) is 5.96. The Morgan fingerprint density at radius 2 is 2.00 bits per heavy atom. The van der Waals surface area contributed by atoms with Gasteiger partial charge in [0.1, 0.15) is 5.75 Å². The van der Waals surface area contributed by atoms with E-state index in [1.54, 1.807) is 14.0 Å². The van der Waals surface area contributed by atoms with Gasteiger partial charge in [-0.25, -0.2) is 0 Å². The molecule has 0 aliphatic heterocycles. The summed E-state index contributed by atoms with van der Waals surface area (Å²) in [7, 11) is 1.61. The first-order valence-electron chi connectivity index (χ1n) is 5.96. The highest BCUT2D eigenvalue weighted by atomic mass is 16.5. The third-order valence-electron chi connectivity index (χ3n) is 3.45. The molecule has 1 atom stereocenters. The molecule has 0 aliphatic carbocycles. The highest BCUT2D eigenvalue weighted by molar-refractivity contribution is 5.81. The van der Waals surface area contributed by atoms with Crippen molar-refractivity contribution >= 4 is 5.97 Å². The third kappa shape index (κ3) is 2.48. The van der Waals surface area contributed by atoms with Crippen molar-refractivity contribution in [3.8, 4) is 5.75 Å². The monoisotopic (exact) mass is 251 g/mol. The van der Waals surface area contributed by atoms with Crippen molar-refractivity contribution in [2.75, 3.05) is 13.7 Å². The normalized spacial score (nSPS) is 14.1. The molecule has 0 aliphatic rings. The molecule has 0 aromatic heterocycles. The van der Waals surface area contributed by atoms with Gasteiger partial charge >= 0.3 is 5.97 Å².